The minimum atomic E-state index is -0.515. The zero-order valence-corrected chi connectivity index (χ0v) is 22.4. The van der Waals surface area contributed by atoms with E-state index in [-0.39, 0.29) is 36.4 Å². The van der Waals surface area contributed by atoms with Gasteiger partial charge in [-0.2, -0.15) is 0 Å². The minimum Gasteiger partial charge on any atom is -0.383 e. The van der Waals surface area contributed by atoms with Crippen molar-refractivity contribution in [3.05, 3.63) is 94.8 Å². The maximum atomic E-state index is 14.0. The highest BCUT2D eigenvalue weighted by Gasteiger charge is 2.24. The first-order valence-electron chi connectivity index (χ1n) is 12.6. The van der Waals surface area contributed by atoms with Crippen LogP contribution in [0.1, 0.15) is 20.7 Å². The van der Waals surface area contributed by atoms with Crippen molar-refractivity contribution in [2.24, 2.45) is 0 Å². The Kier molecular flexibility index (Phi) is 9.51. The average molecular weight is 553 g/mol. The van der Waals surface area contributed by atoms with E-state index >= 15 is 0 Å². The number of methoxy groups -OCH3 is 1. The molecular weight excluding hydrogens is 523 g/mol. The highest BCUT2D eigenvalue weighted by molar-refractivity contribution is 6.30. The van der Waals surface area contributed by atoms with Crippen molar-refractivity contribution in [3.63, 3.8) is 0 Å². The number of hydrogen-bond donors (Lipinski definition) is 1. The van der Waals surface area contributed by atoms with Crippen molar-refractivity contribution in [3.8, 4) is 0 Å². The number of anilines is 2. The lowest BCUT2D eigenvalue weighted by Gasteiger charge is -2.36. The Morgan fingerprint density at radius 3 is 2.26 bits per heavy atom. The molecule has 1 aliphatic heterocycles. The summed E-state index contributed by atoms with van der Waals surface area (Å²) < 4.78 is 19.1. The van der Waals surface area contributed by atoms with Crippen LogP contribution in [0.25, 0.3) is 0 Å². The predicted octanol–water partition coefficient (Wildman–Crippen LogP) is 4.17. The van der Waals surface area contributed by atoms with Gasteiger partial charge in [0.05, 0.1) is 12.2 Å². The molecule has 0 aromatic heterocycles. The van der Waals surface area contributed by atoms with Crippen LogP contribution in [0.3, 0.4) is 0 Å². The molecule has 204 valence electrons. The summed E-state index contributed by atoms with van der Waals surface area (Å²) in [7, 11) is 1.54. The second kappa shape index (κ2) is 13.2. The Balaban J connectivity index is 1.31. The van der Waals surface area contributed by atoms with Crippen molar-refractivity contribution in [2.75, 3.05) is 63.2 Å². The Hall–Kier alpha value is -3.95. The molecule has 1 saturated heterocycles. The molecule has 4 rings (SSSR count). The summed E-state index contributed by atoms with van der Waals surface area (Å²) in [6.45, 7) is 2.58. The molecule has 0 aliphatic carbocycles. The average Bonchev–Trinajstić information content (AvgIpc) is 2.95. The summed E-state index contributed by atoms with van der Waals surface area (Å²) in [5, 5.41) is 3.36. The van der Waals surface area contributed by atoms with Crippen LogP contribution in [-0.2, 0) is 9.53 Å². The molecule has 39 heavy (non-hydrogen) atoms. The van der Waals surface area contributed by atoms with Crippen molar-refractivity contribution < 1.29 is 23.5 Å². The Morgan fingerprint density at radius 1 is 0.949 bits per heavy atom. The highest BCUT2D eigenvalue weighted by atomic mass is 35.5. The molecule has 3 aromatic carbocycles. The summed E-state index contributed by atoms with van der Waals surface area (Å²) in [5.41, 5.74) is 2.07. The van der Waals surface area contributed by atoms with Gasteiger partial charge in [-0.05, 0) is 60.7 Å². The SMILES string of the molecule is COCCN(CC(=O)Nc1ccc(N2CCN(C(=O)c3ccccc3F)CC2)cc1)C(=O)c1ccc(Cl)cc1. The van der Waals surface area contributed by atoms with Gasteiger partial charge in [-0.1, -0.05) is 23.7 Å². The maximum absolute atomic E-state index is 14.0. The Labute approximate surface area is 231 Å². The van der Waals surface area contributed by atoms with Crippen LogP contribution in [-0.4, -0.2) is 80.5 Å². The molecule has 0 atom stereocenters. The van der Waals surface area contributed by atoms with E-state index in [0.29, 0.717) is 49.1 Å². The molecule has 0 saturated carbocycles. The molecule has 1 N–H and O–H groups in total. The third-order valence-corrected chi connectivity index (χ3v) is 6.72. The second-order valence-electron chi connectivity index (χ2n) is 9.08. The van der Waals surface area contributed by atoms with Gasteiger partial charge in [0.1, 0.15) is 12.4 Å². The number of rotatable bonds is 9. The standard InChI is InChI=1S/C29H30ClFN4O4/c1-39-19-18-35(28(37)21-6-8-22(30)9-7-21)20-27(36)32-23-10-12-24(13-11-23)33-14-16-34(17-15-33)29(38)25-4-2-3-5-26(25)31/h2-13H,14-20H2,1H3,(H,32,36). The van der Waals surface area contributed by atoms with E-state index in [1.54, 1.807) is 53.4 Å². The third kappa shape index (κ3) is 7.34. The number of ether oxygens (including phenoxy) is 1. The molecule has 3 amide bonds. The smallest absolute Gasteiger partial charge is 0.256 e. The van der Waals surface area contributed by atoms with Gasteiger partial charge in [-0.15, -0.1) is 0 Å². The highest BCUT2D eigenvalue weighted by Crippen LogP contribution is 2.21. The fourth-order valence-corrected chi connectivity index (χ4v) is 4.46. The van der Waals surface area contributed by atoms with Crippen molar-refractivity contribution in [2.45, 2.75) is 0 Å². The lowest BCUT2D eigenvalue weighted by Crippen LogP contribution is -2.49. The van der Waals surface area contributed by atoms with Gasteiger partial charge in [0, 0.05) is 61.8 Å². The van der Waals surface area contributed by atoms with E-state index in [9.17, 15) is 18.8 Å². The zero-order valence-electron chi connectivity index (χ0n) is 21.6. The molecule has 0 unspecified atom stereocenters. The first-order valence-corrected chi connectivity index (χ1v) is 13.0. The number of benzene rings is 3. The largest absolute Gasteiger partial charge is 0.383 e. The monoisotopic (exact) mass is 552 g/mol. The summed E-state index contributed by atoms with van der Waals surface area (Å²) in [6, 6.07) is 19.9. The summed E-state index contributed by atoms with van der Waals surface area (Å²) >= 11 is 5.92. The van der Waals surface area contributed by atoms with Gasteiger partial charge < -0.3 is 24.8 Å². The molecule has 0 bridgehead atoms. The van der Waals surface area contributed by atoms with E-state index in [1.807, 2.05) is 12.1 Å². The van der Waals surface area contributed by atoms with E-state index in [1.165, 1.54) is 24.1 Å². The van der Waals surface area contributed by atoms with Crippen LogP contribution >= 0.6 is 11.6 Å². The summed E-state index contributed by atoms with van der Waals surface area (Å²) in [4.78, 5) is 43.6. The van der Waals surface area contributed by atoms with Crippen LogP contribution in [0, 0.1) is 5.82 Å². The third-order valence-electron chi connectivity index (χ3n) is 6.47. The van der Waals surface area contributed by atoms with Crippen LogP contribution < -0.4 is 10.2 Å². The maximum Gasteiger partial charge on any atom is 0.256 e. The van der Waals surface area contributed by atoms with Crippen molar-refractivity contribution in [1.82, 2.24) is 9.80 Å². The number of nitrogens with one attached hydrogen (secondary N) is 1. The molecule has 8 nitrogen and oxygen atoms in total. The number of amides is 3. The fraction of sp³-hybridized carbons (Fsp3) is 0.276. The van der Waals surface area contributed by atoms with Crippen LogP contribution in [0.2, 0.25) is 5.02 Å². The van der Waals surface area contributed by atoms with Crippen LogP contribution in [0.15, 0.2) is 72.8 Å². The lowest BCUT2D eigenvalue weighted by atomic mass is 10.1. The van der Waals surface area contributed by atoms with Gasteiger partial charge in [0.25, 0.3) is 11.8 Å². The number of piperazine rings is 1. The van der Waals surface area contributed by atoms with Crippen molar-refractivity contribution in [1.29, 1.82) is 0 Å². The molecule has 3 aromatic rings. The fourth-order valence-electron chi connectivity index (χ4n) is 4.33. The van der Waals surface area contributed by atoms with Crippen LogP contribution in [0.4, 0.5) is 15.8 Å². The van der Waals surface area contributed by atoms with Gasteiger partial charge in [0.2, 0.25) is 5.91 Å². The molecule has 1 heterocycles. The molecule has 1 fully saturated rings. The lowest BCUT2D eigenvalue weighted by molar-refractivity contribution is -0.117. The number of halogens is 2. The zero-order chi connectivity index (χ0) is 27.8. The number of nitrogens with zero attached hydrogens (tertiary/aromatic N) is 3. The molecule has 0 spiro atoms. The Morgan fingerprint density at radius 2 is 1.62 bits per heavy atom. The predicted molar refractivity (Wildman–Crippen MR) is 149 cm³/mol. The summed E-state index contributed by atoms with van der Waals surface area (Å²) in [6.07, 6.45) is 0. The van der Waals surface area contributed by atoms with E-state index in [2.05, 4.69) is 10.2 Å². The molecule has 1 aliphatic rings. The summed E-state index contributed by atoms with van der Waals surface area (Å²) in [5.74, 6) is -1.44. The van der Waals surface area contributed by atoms with Crippen molar-refractivity contribution >= 4 is 40.7 Å². The number of carbonyl (C=O) groups is 3. The topological polar surface area (TPSA) is 82.2 Å². The minimum absolute atomic E-state index is 0.0849. The first kappa shape index (κ1) is 28.1. The quantitative estimate of drug-likeness (QED) is 0.431. The normalized spacial score (nSPS) is 13.2. The van der Waals surface area contributed by atoms with Gasteiger partial charge in [-0.3, -0.25) is 14.4 Å². The second-order valence-corrected chi connectivity index (χ2v) is 9.52. The van der Waals surface area contributed by atoms with E-state index in [4.69, 9.17) is 16.3 Å². The molecular formula is C29H30ClFN4O4. The van der Waals surface area contributed by atoms with Gasteiger partial charge >= 0.3 is 0 Å². The van der Waals surface area contributed by atoms with E-state index < -0.39 is 5.82 Å². The first-order chi connectivity index (χ1) is 18.9. The molecule has 10 heteroatoms. The van der Waals surface area contributed by atoms with Gasteiger partial charge in [0.15, 0.2) is 0 Å². The van der Waals surface area contributed by atoms with E-state index in [0.717, 1.165) is 5.69 Å². The number of hydrogen-bond acceptors (Lipinski definition) is 5. The molecule has 0 radical (unpaired) electrons. The Bertz CT molecular complexity index is 1300. The number of carbonyl (C=O) groups excluding carboxylic acids is 3. The van der Waals surface area contributed by atoms with Gasteiger partial charge in [-0.25, -0.2) is 4.39 Å². The van der Waals surface area contributed by atoms with Crippen LogP contribution in [0.5, 0.6) is 0 Å².